The molecule has 7 heteroatoms. The smallest absolute Gasteiger partial charge is 0.351 e. The predicted octanol–water partition coefficient (Wildman–Crippen LogP) is 0.506. The average molecular weight is 237 g/mol. The fourth-order valence-corrected chi connectivity index (χ4v) is 1.91. The number of carbonyl (C=O) groups is 1. The van der Waals surface area contributed by atoms with E-state index >= 15 is 0 Å². The summed E-state index contributed by atoms with van der Waals surface area (Å²) in [6.07, 6.45) is 1.02. The maximum Gasteiger partial charge on any atom is 0.351 e. The number of hydrogen-bond acceptors (Lipinski definition) is 3. The molecule has 0 saturated carbocycles. The first-order valence-electron chi connectivity index (χ1n) is 4.39. The Morgan fingerprint density at radius 3 is 2.20 bits per heavy atom. The van der Waals surface area contributed by atoms with Gasteiger partial charge < -0.3 is 20.6 Å². The number of nitrogens with two attached hydrogens (primary N) is 1. The van der Waals surface area contributed by atoms with E-state index in [-0.39, 0.29) is 17.7 Å². The van der Waals surface area contributed by atoms with Crippen molar-refractivity contribution in [2.24, 2.45) is 11.7 Å². The summed E-state index contributed by atoms with van der Waals surface area (Å²) < 4.78 is 11.0. The molecule has 0 rings (SSSR count). The molecule has 0 aromatic rings. The minimum absolute atomic E-state index is 0.0754. The largest absolute Gasteiger partial charge is 0.480 e. The molecular weight excluding hydrogens is 221 g/mol. The van der Waals surface area contributed by atoms with Crippen molar-refractivity contribution in [3.8, 4) is 0 Å². The molecule has 5 N–H and O–H groups in total. The van der Waals surface area contributed by atoms with Crippen molar-refractivity contribution in [3.05, 3.63) is 11.4 Å². The summed E-state index contributed by atoms with van der Waals surface area (Å²) in [7, 11) is -4.41. The lowest BCUT2D eigenvalue weighted by molar-refractivity contribution is -0.138. The number of allylic oxidation sites excluding steroid dienone is 1. The van der Waals surface area contributed by atoms with Gasteiger partial charge in [-0.05, 0) is 5.92 Å². The number of hydrogen-bond donors (Lipinski definition) is 4. The van der Waals surface area contributed by atoms with Gasteiger partial charge >= 0.3 is 13.6 Å². The summed E-state index contributed by atoms with van der Waals surface area (Å²) >= 11 is 0. The Hall–Kier alpha value is -0.680. The molecule has 0 saturated heterocycles. The molecular formula is C8H16NO5P. The Labute approximate surface area is 88.0 Å². The highest BCUT2D eigenvalue weighted by atomic mass is 31.2. The third kappa shape index (κ3) is 5.69. The Morgan fingerprint density at radius 1 is 1.47 bits per heavy atom. The van der Waals surface area contributed by atoms with Crippen molar-refractivity contribution in [3.63, 3.8) is 0 Å². The highest BCUT2D eigenvalue weighted by Gasteiger charge is 2.25. The van der Waals surface area contributed by atoms with Gasteiger partial charge in [0.15, 0.2) is 0 Å². The monoisotopic (exact) mass is 237 g/mol. The zero-order valence-corrected chi connectivity index (χ0v) is 9.52. The highest BCUT2D eigenvalue weighted by Crippen LogP contribution is 2.47. The molecule has 0 amide bonds. The summed E-state index contributed by atoms with van der Waals surface area (Å²) in [5.41, 5.74) is 5.21. The lowest BCUT2D eigenvalue weighted by Crippen LogP contribution is -2.30. The molecule has 0 bridgehead atoms. The normalized spacial score (nSPS) is 15.5. The summed E-state index contributed by atoms with van der Waals surface area (Å²) in [4.78, 5) is 28.3. The molecule has 1 atom stereocenters. The third-order valence-electron chi connectivity index (χ3n) is 1.65. The van der Waals surface area contributed by atoms with Gasteiger partial charge in [-0.2, -0.15) is 0 Å². The molecule has 88 valence electrons. The topological polar surface area (TPSA) is 121 Å². The Balaban J connectivity index is 4.84. The first-order chi connectivity index (χ1) is 6.64. The molecule has 0 aliphatic heterocycles. The highest BCUT2D eigenvalue weighted by molar-refractivity contribution is 7.56. The van der Waals surface area contributed by atoms with E-state index in [9.17, 15) is 9.36 Å². The van der Waals surface area contributed by atoms with Crippen LogP contribution in [-0.2, 0) is 9.36 Å². The van der Waals surface area contributed by atoms with Crippen LogP contribution in [0.5, 0.6) is 0 Å². The number of rotatable bonds is 5. The van der Waals surface area contributed by atoms with Crippen molar-refractivity contribution in [2.45, 2.75) is 26.3 Å². The van der Waals surface area contributed by atoms with Crippen molar-refractivity contribution < 1.29 is 24.3 Å². The van der Waals surface area contributed by atoms with Gasteiger partial charge in [0.2, 0.25) is 0 Å². The van der Waals surface area contributed by atoms with E-state index in [1.807, 2.05) is 0 Å². The van der Waals surface area contributed by atoms with E-state index in [0.717, 1.165) is 0 Å². The molecule has 6 nitrogen and oxygen atoms in total. The maximum absolute atomic E-state index is 11.0. The van der Waals surface area contributed by atoms with Gasteiger partial charge in [-0.15, -0.1) is 0 Å². The second-order valence-electron chi connectivity index (χ2n) is 3.59. The molecule has 0 spiro atoms. The van der Waals surface area contributed by atoms with E-state index in [1.165, 1.54) is 6.08 Å². The molecule has 0 aromatic carbocycles. The van der Waals surface area contributed by atoms with Crippen LogP contribution in [0.2, 0.25) is 0 Å². The van der Waals surface area contributed by atoms with Crippen molar-refractivity contribution in [1.29, 1.82) is 0 Å². The van der Waals surface area contributed by atoms with E-state index in [2.05, 4.69) is 0 Å². The summed E-state index contributed by atoms with van der Waals surface area (Å²) in [5.74, 6) is -1.35. The van der Waals surface area contributed by atoms with Crippen LogP contribution in [0.3, 0.4) is 0 Å². The zero-order chi connectivity index (χ0) is 12.2. The summed E-state index contributed by atoms with van der Waals surface area (Å²) in [5, 5.41) is 8.31. The Kier molecular flexibility index (Phi) is 5.17. The first-order valence-corrected chi connectivity index (χ1v) is 6.01. The van der Waals surface area contributed by atoms with Crippen LogP contribution in [0, 0.1) is 5.92 Å². The summed E-state index contributed by atoms with van der Waals surface area (Å²) in [6.45, 7) is 3.48. The van der Waals surface area contributed by atoms with Gasteiger partial charge in [0.05, 0.1) is 0 Å². The quantitative estimate of drug-likeness (QED) is 0.517. The number of aliphatic carboxylic acids is 1. The van der Waals surface area contributed by atoms with Gasteiger partial charge in [0.1, 0.15) is 6.04 Å². The SMILES string of the molecule is CC(C)/C=C(/C[C@H](N)C(=O)O)P(=O)(O)O. The van der Waals surface area contributed by atoms with Gasteiger partial charge in [-0.25, -0.2) is 0 Å². The Morgan fingerprint density at radius 2 is 1.93 bits per heavy atom. The van der Waals surface area contributed by atoms with Crippen LogP contribution in [0.15, 0.2) is 11.4 Å². The molecule has 0 radical (unpaired) electrons. The molecule has 0 aliphatic carbocycles. The fraction of sp³-hybridized carbons (Fsp3) is 0.625. The average Bonchev–Trinajstić information content (AvgIpc) is 2.00. The minimum atomic E-state index is -4.41. The second-order valence-corrected chi connectivity index (χ2v) is 5.26. The van der Waals surface area contributed by atoms with Gasteiger partial charge in [-0.3, -0.25) is 9.36 Å². The van der Waals surface area contributed by atoms with E-state index < -0.39 is 19.6 Å². The Bertz CT molecular complexity index is 306. The molecule has 0 unspecified atom stereocenters. The van der Waals surface area contributed by atoms with E-state index in [1.54, 1.807) is 13.8 Å². The van der Waals surface area contributed by atoms with E-state index in [4.69, 9.17) is 20.6 Å². The molecule has 0 aliphatic rings. The van der Waals surface area contributed by atoms with Gasteiger partial charge in [-0.1, -0.05) is 19.9 Å². The maximum atomic E-state index is 11.0. The van der Waals surface area contributed by atoms with E-state index in [0.29, 0.717) is 0 Å². The lowest BCUT2D eigenvalue weighted by Gasteiger charge is -2.13. The number of carboxylic acids is 1. The van der Waals surface area contributed by atoms with Crippen molar-refractivity contribution in [2.75, 3.05) is 0 Å². The van der Waals surface area contributed by atoms with Crippen LogP contribution < -0.4 is 5.73 Å². The van der Waals surface area contributed by atoms with Crippen LogP contribution >= 0.6 is 7.60 Å². The second kappa shape index (κ2) is 5.42. The zero-order valence-electron chi connectivity index (χ0n) is 8.62. The third-order valence-corrected chi connectivity index (χ3v) is 2.73. The van der Waals surface area contributed by atoms with Crippen LogP contribution in [0.1, 0.15) is 20.3 Å². The fourth-order valence-electron chi connectivity index (χ4n) is 0.981. The van der Waals surface area contributed by atoms with Crippen LogP contribution in [0.4, 0.5) is 0 Å². The molecule has 15 heavy (non-hydrogen) atoms. The van der Waals surface area contributed by atoms with Gasteiger partial charge in [0.25, 0.3) is 0 Å². The molecule has 0 aromatic heterocycles. The van der Waals surface area contributed by atoms with Gasteiger partial charge in [0, 0.05) is 11.7 Å². The van der Waals surface area contributed by atoms with Crippen LogP contribution in [0.25, 0.3) is 0 Å². The lowest BCUT2D eigenvalue weighted by atomic mass is 10.1. The first kappa shape index (κ1) is 14.3. The summed E-state index contributed by atoms with van der Waals surface area (Å²) in [6, 6.07) is -1.29. The van der Waals surface area contributed by atoms with Crippen molar-refractivity contribution >= 4 is 13.6 Å². The minimum Gasteiger partial charge on any atom is -0.480 e. The standard InChI is InChI=1S/C8H16NO5P/c1-5(2)3-6(15(12,13)14)4-7(9)8(10)11/h3,5,7H,4,9H2,1-2H3,(H,10,11)(H2,12,13,14)/b6-3-/t7-/m0/s1. The van der Waals surface area contributed by atoms with Crippen LogP contribution in [-0.4, -0.2) is 26.9 Å². The van der Waals surface area contributed by atoms with Crippen molar-refractivity contribution in [1.82, 2.24) is 0 Å². The molecule has 0 fully saturated rings. The predicted molar refractivity (Wildman–Crippen MR) is 55.2 cm³/mol. The number of carboxylic acid groups (broad SMARTS) is 1. The molecule has 0 heterocycles.